The van der Waals surface area contributed by atoms with Gasteiger partial charge in [-0.05, 0) is 84.4 Å². The van der Waals surface area contributed by atoms with E-state index in [2.05, 4.69) is 28.1 Å². The van der Waals surface area contributed by atoms with Gasteiger partial charge in [0.15, 0.2) is 0 Å². The summed E-state index contributed by atoms with van der Waals surface area (Å²) in [6.07, 6.45) is 5.37. The zero-order valence-electron chi connectivity index (χ0n) is 19.3. The van der Waals surface area contributed by atoms with Gasteiger partial charge in [-0.25, -0.2) is 4.79 Å². The van der Waals surface area contributed by atoms with Crippen LogP contribution in [-0.4, -0.2) is 54.9 Å². The summed E-state index contributed by atoms with van der Waals surface area (Å²) in [7, 11) is 0. The highest BCUT2D eigenvalue weighted by Crippen LogP contribution is 2.34. The van der Waals surface area contributed by atoms with Crippen molar-refractivity contribution in [1.29, 1.82) is 0 Å². The predicted octanol–water partition coefficient (Wildman–Crippen LogP) is 5.98. The number of carbonyl (C=O) groups is 1. The van der Waals surface area contributed by atoms with Crippen LogP contribution in [0, 0.1) is 5.92 Å². The molecule has 0 bridgehead atoms. The zero-order chi connectivity index (χ0) is 22.6. The fourth-order valence-electron chi connectivity index (χ4n) is 4.70. The highest BCUT2D eigenvalue weighted by molar-refractivity contribution is 6.43. The third-order valence-electron chi connectivity index (χ3n) is 6.43. The molecule has 1 aromatic rings. The molecule has 1 heterocycles. The Morgan fingerprint density at radius 3 is 2.52 bits per heavy atom. The topological polar surface area (TPSA) is 44.8 Å². The van der Waals surface area contributed by atoms with Gasteiger partial charge in [0.25, 0.3) is 0 Å². The van der Waals surface area contributed by atoms with E-state index in [1.165, 1.54) is 19.3 Å². The van der Waals surface area contributed by atoms with Crippen molar-refractivity contribution >= 4 is 35.0 Å². The Labute approximate surface area is 197 Å². The van der Waals surface area contributed by atoms with Crippen LogP contribution in [0.15, 0.2) is 18.2 Å². The number of hydrogen-bond donors (Lipinski definition) is 1. The molecule has 5 nitrogen and oxygen atoms in total. The molecule has 0 unspecified atom stereocenters. The number of nitrogens with one attached hydrogen (secondary N) is 1. The van der Waals surface area contributed by atoms with E-state index in [0.29, 0.717) is 16.1 Å². The van der Waals surface area contributed by atoms with Crippen molar-refractivity contribution in [2.45, 2.75) is 77.5 Å². The van der Waals surface area contributed by atoms with Crippen LogP contribution >= 0.6 is 23.2 Å². The molecule has 1 aliphatic heterocycles. The van der Waals surface area contributed by atoms with Crippen LogP contribution in [0.25, 0.3) is 0 Å². The number of hydrogen-bond acceptors (Lipinski definition) is 4. The van der Waals surface area contributed by atoms with Crippen molar-refractivity contribution in [2.24, 2.45) is 5.92 Å². The van der Waals surface area contributed by atoms with Crippen LogP contribution < -0.4 is 10.2 Å². The average molecular weight is 470 g/mol. The van der Waals surface area contributed by atoms with Crippen molar-refractivity contribution < 1.29 is 9.53 Å². The second kappa shape index (κ2) is 10.6. The second-order valence-electron chi connectivity index (χ2n) is 10.1. The Bertz CT molecular complexity index is 745. The summed E-state index contributed by atoms with van der Waals surface area (Å²) in [5, 5.41) is 4.31. The minimum atomic E-state index is -0.444. The van der Waals surface area contributed by atoms with E-state index in [-0.39, 0.29) is 12.1 Å². The van der Waals surface area contributed by atoms with Gasteiger partial charge in [-0.15, -0.1) is 0 Å². The first kappa shape index (κ1) is 24.5. The molecule has 0 spiro atoms. The van der Waals surface area contributed by atoms with E-state index in [1.54, 1.807) is 0 Å². The third-order valence-corrected chi connectivity index (χ3v) is 7.24. The van der Waals surface area contributed by atoms with E-state index in [1.807, 2.05) is 32.9 Å². The zero-order valence-corrected chi connectivity index (χ0v) is 20.8. The first-order valence-electron chi connectivity index (χ1n) is 11.5. The lowest BCUT2D eigenvalue weighted by atomic mass is 9.84. The number of alkyl carbamates (subject to hydrolysis) is 1. The monoisotopic (exact) mass is 469 g/mol. The summed E-state index contributed by atoms with van der Waals surface area (Å²) in [6.45, 7) is 12.1. The summed E-state index contributed by atoms with van der Waals surface area (Å²) < 4.78 is 5.38. The lowest BCUT2D eigenvalue weighted by Crippen LogP contribution is -2.52. The molecule has 31 heavy (non-hydrogen) atoms. The number of piperazine rings is 1. The first-order chi connectivity index (χ1) is 14.6. The summed E-state index contributed by atoms with van der Waals surface area (Å²) >= 11 is 12.6. The van der Waals surface area contributed by atoms with Crippen molar-refractivity contribution in [2.75, 3.05) is 31.1 Å². The van der Waals surface area contributed by atoms with Crippen molar-refractivity contribution in [3.63, 3.8) is 0 Å². The SMILES string of the molecule is C[C@@H]1CN(c2cccc(Cl)c2Cl)CCN1CCC1CCC(NC(=O)OC(C)(C)C)CC1. The van der Waals surface area contributed by atoms with Gasteiger partial charge in [-0.1, -0.05) is 29.3 Å². The van der Waals surface area contributed by atoms with Gasteiger partial charge >= 0.3 is 6.09 Å². The number of ether oxygens (including phenoxy) is 1. The summed E-state index contributed by atoms with van der Waals surface area (Å²) in [5.41, 5.74) is 0.594. The maximum Gasteiger partial charge on any atom is 0.407 e. The molecule has 3 rings (SSSR count). The molecule has 1 saturated heterocycles. The largest absolute Gasteiger partial charge is 0.444 e. The van der Waals surface area contributed by atoms with Crippen molar-refractivity contribution in [3.05, 3.63) is 28.2 Å². The lowest BCUT2D eigenvalue weighted by Gasteiger charge is -2.42. The van der Waals surface area contributed by atoms with E-state index < -0.39 is 5.60 Å². The van der Waals surface area contributed by atoms with Gasteiger partial charge in [0.2, 0.25) is 0 Å². The smallest absolute Gasteiger partial charge is 0.407 e. The predicted molar refractivity (Wildman–Crippen MR) is 129 cm³/mol. The number of rotatable bonds is 5. The quantitative estimate of drug-likeness (QED) is 0.575. The van der Waals surface area contributed by atoms with Gasteiger partial charge in [-0.2, -0.15) is 0 Å². The van der Waals surface area contributed by atoms with Gasteiger partial charge in [0, 0.05) is 31.7 Å². The maximum absolute atomic E-state index is 12.0. The molecule has 7 heteroatoms. The second-order valence-corrected chi connectivity index (χ2v) is 10.8. The first-order valence-corrected chi connectivity index (χ1v) is 12.3. The van der Waals surface area contributed by atoms with Gasteiger partial charge in [0.1, 0.15) is 5.60 Å². The molecule has 1 saturated carbocycles. The Morgan fingerprint density at radius 2 is 1.87 bits per heavy atom. The Hall–Kier alpha value is -1.17. The minimum Gasteiger partial charge on any atom is -0.444 e. The molecule has 1 N–H and O–H groups in total. The Morgan fingerprint density at radius 1 is 1.16 bits per heavy atom. The van der Waals surface area contributed by atoms with Crippen LogP contribution in [0.4, 0.5) is 10.5 Å². The molecule has 1 atom stereocenters. The number of anilines is 1. The van der Waals surface area contributed by atoms with E-state index >= 15 is 0 Å². The van der Waals surface area contributed by atoms with E-state index in [4.69, 9.17) is 27.9 Å². The number of nitrogens with zero attached hydrogens (tertiary/aromatic N) is 2. The molecule has 0 aromatic heterocycles. The molecule has 1 aliphatic carbocycles. The summed E-state index contributed by atoms with van der Waals surface area (Å²) in [6, 6.07) is 6.59. The normalized spacial score (nSPS) is 25.4. The van der Waals surface area contributed by atoms with Crippen LogP contribution in [0.5, 0.6) is 0 Å². The van der Waals surface area contributed by atoms with Gasteiger partial charge in [-0.3, -0.25) is 4.90 Å². The Kier molecular flexibility index (Phi) is 8.39. The molecule has 2 fully saturated rings. The number of carbonyl (C=O) groups excluding carboxylic acids is 1. The fourth-order valence-corrected chi connectivity index (χ4v) is 5.12. The third kappa shape index (κ3) is 7.16. The summed E-state index contributed by atoms with van der Waals surface area (Å²) in [4.78, 5) is 16.9. The van der Waals surface area contributed by atoms with E-state index in [9.17, 15) is 4.79 Å². The maximum atomic E-state index is 12.0. The molecule has 1 amide bonds. The van der Waals surface area contributed by atoms with Crippen molar-refractivity contribution in [1.82, 2.24) is 10.2 Å². The molecule has 2 aliphatic rings. The molecular formula is C24H37Cl2N3O2. The van der Waals surface area contributed by atoms with Crippen LogP contribution in [-0.2, 0) is 4.74 Å². The van der Waals surface area contributed by atoms with Gasteiger partial charge in [0.05, 0.1) is 15.7 Å². The van der Waals surface area contributed by atoms with Crippen molar-refractivity contribution in [3.8, 4) is 0 Å². The average Bonchev–Trinajstić information content (AvgIpc) is 2.69. The Balaban J connectivity index is 1.39. The fraction of sp³-hybridized carbons (Fsp3) is 0.708. The van der Waals surface area contributed by atoms with Crippen LogP contribution in [0.1, 0.15) is 59.8 Å². The van der Waals surface area contributed by atoms with E-state index in [0.717, 1.165) is 50.6 Å². The summed E-state index contributed by atoms with van der Waals surface area (Å²) in [5.74, 6) is 0.740. The molecular weight excluding hydrogens is 433 g/mol. The minimum absolute atomic E-state index is 0.246. The highest BCUT2D eigenvalue weighted by Gasteiger charge is 2.28. The molecule has 0 radical (unpaired) electrons. The van der Waals surface area contributed by atoms with Crippen LogP contribution in [0.2, 0.25) is 10.0 Å². The molecule has 174 valence electrons. The molecule has 1 aromatic carbocycles. The highest BCUT2D eigenvalue weighted by atomic mass is 35.5. The number of benzene rings is 1. The lowest BCUT2D eigenvalue weighted by molar-refractivity contribution is 0.0485. The van der Waals surface area contributed by atoms with Crippen LogP contribution in [0.3, 0.4) is 0 Å². The standard InChI is InChI=1S/C24H37Cl2N3O2/c1-17-16-29(21-7-5-6-20(25)22(21)26)15-14-28(17)13-12-18-8-10-19(11-9-18)27-23(30)31-24(2,3)4/h5-7,17-19H,8-16H2,1-4H3,(H,27,30)/t17-,18?,19?/m1/s1. The number of halogens is 2. The van der Waals surface area contributed by atoms with Gasteiger partial charge < -0.3 is 15.0 Å². The number of amides is 1.